The zero-order chi connectivity index (χ0) is 52.9. The average Bonchev–Trinajstić information content (AvgIpc) is 3.39. The molecule has 428 valence electrons. The van der Waals surface area contributed by atoms with Gasteiger partial charge in [0, 0.05) is 19.3 Å². The molecule has 0 aliphatic carbocycles. The number of hydrogen-bond acceptors (Lipinski definition) is 6. The first-order valence-electron chi connectivity index (χ1n) is 32.5. The summed E-state index contributed by atoms with van der Waals surface area (Å²) in [5, 5.41) is 0. The minimum atomic E-state index is -0.770. The molecule has 0 radical (unpaired) electrons. The van der Waals surface area contributed by atoms with Crippen LogP contribution in [0, 0.1) is 0 Å². The van der Waals surface area contributed by atoms with Gasteiger partial charge in [-0.05, 0) is 77.0 Å². The summed E-state index contributed by atoms with van der Waals surface area (Å²) in [6, 6.07) is 0. The molecule has 6 nitrogen and oxygen atoms in total. The number of rotatable bonds is 60. The lowest BCUT2D eigenvalue weighted by molar-refractivity contribution is -0.167. The summed E-state index contributed by atoms with van der Waals surface area (Å²) in [5.41, 5.74) is 0. The van der Waals surface area contributed by atoms with Crippen molar-refractivity contribution in [3.63, 3.8) is 0 Å². The smallest absolute Gasteiger partial charge is 0.306 e. The minimum Gasteiger partial charge on any atom is -0.462 e. The summed E-state index contributed by atoms with van der Waals surface area (Å²) < 4.78 is 16.8. The van der Waals surface area contributed by atoms with E-state index in [2.05, 4.69) is 57.2 Å². The first-order chi connectivity index (χ1) is 36.0. The van der Waals surface area contributed by atoms with Gasteiger partial charge < -0.3 is 14.2 Å². The first-order valence-corrected chi connectivity index (χ1v) is 32.5. The molecular formula is C67H124O6. The van der Waals surface area contributed by atoms with E-state index < -0.39 is 6.10 Å². The highest BCUT2D eigenvalue weighted by Gasteiger charge is 2.19. The van der Waals surface area contributed by atoms with E-state index in [1.165, 1.54) is 244 Å². The highest BCUT2D eigenvalue weighted by molar-refractivity contribution is 5.71. The van der Waals surface area contributed by atoms with E-state index in [1.807, 2.05) is 0 Å². The molecule has 0 aromatic rings. The number of unbranched alkanes of at least 4 members (excludes halogenated alkanes) is 43. The van der Waals surface area contributed by atoms with Crippen LogP contribution in [0.2, 0.25) is 0 Å². The topological polar surface area (TPSA) is 78.9 Å². The van der Waals surface area contributed by atoms with E-state index in [4.69, 9.17) is 14.2 Å². The summed E-state index contributed by atoms with van der Waals surface area (Å²) in [7, 11) is 0. The van der Waals surface area contributed by atoms with Gasteiger partial charge in [-0.3, -0.25) is 14.4 Å². The largest absolute Gasteiger partial charge is 0.462 e. The third-order valence-electron chi connectivity index (χ3n) is 14.6. The zero-order valence-electron chi connectivity index (χ0n) is 49.2. The Morgan fingerprint density at radius 2 is 0.493 bits per heavy atom. The van der Waals surface area contributed by atoms with Crippen LogP contribution in [-0.4, -0.2) is 37.2 Å². The normalized spacial score (nSPS) is 12.2. The molecule has 0 saturated heterocycles. The fraction of sp³-hybridized carbons (Fsp3) is 0.866. The molecule has 0 amide bonds. The lowest BCUT2D eigenvalue weighted by atomic mass is 10.0. The Balaban J connectivity index is 3.93. The van der Waals surface area contributed by atoms with Gasteiger partial charge in [0.2, 0.25) is 0 Å². The molecule has 0 bridgehead atoms. The van der Waals surface area contributed by atoms with Crippen molar-refractivity contribution in [1.29, 1.82) is 0 Å². The third kappa shape index (κ3) is 60.4. The molecule has 0 N–H and O–H groups in total. The second kappa shape index (κ2) is 62.2. The van der Waals surface area contributed by atoms with Gasteiger partial charge in [0.05, 0.1) is 0 Å². The van der Waals surface area contributed by atoms with Crippen molar-refractivity contribution in [3.8, 4) is 0 Å². The van der Waals surface area contributed by atoms with Crippen molar-refractivity contribution < 1.29 is 28.6 Å². The highest BCUT2D eigenvalue weighted by Crippen LogP contribution is 2.17. The number of esters is 3. The monoisotopic (exact) mass is 1020 g/mol. The van der Waals surface area contributed by atoms with Crippen molar-refractivity contribution in [2.75, 3.05) is 13.2 Å². The third-order valence-corrected chi connectivity index (χ3v) is 14.6. The SMILES string of the molecule is CCCCCCC/C=C\C/C=C\CCCCCCCCCCCCCCCCCCCCCCCC(=O)OCC(COC(=O)CCCCCCCC)OC(=O)CCCCCCC/C=C\CCCCCCCCC. The van der Waals surface area contributed by atoms with E-state index in [0.29, 0.717) is 19.3 Å². The summed E-state index contributed by atoms with van der Waals surface area (Å²) in [6.45, 7) is 6.61. The van der Waals surface area contributed by atoms with Crippen molar-refractivity contribution in [3.05, 3.63) is 36.5 Å². The molecule has 0 saturated carbocycles. The molecular weight excluding hydrogens is 901 g/mol. The number of hydrogen-bond donors (Lipinski definition) is 0. The lowest BCUT2D eigenvalue weighted by Gasteiger charge is -2.18. The van der Waals surface area contributed by atoms with Gasteiger partial charge in [0.25, 0.3) is 0 Å². The predicted molar refractivity (Wildman–Crippen MR) is 316 cm³/mol. The molecule has 0 aromatic carbocycles. The van der Waals surface area contributed by atoms with E-state index in [-0.39, 0.29) is 31.1 Å². The average molecular weight is 1030 g/mol. The lowest BCUT2D eigenvalue weighted by Crippen LogP contribution is -2.30. The molecule has 1 unspecified atom stereocenters. The van der Waals surface area contributed by atoms with Gasteiger partial charge in [-0.2, -0.15) is 0 Å². The summed E-state index contributed by atoms with van der Waals surface area (Å²) in [4.78, 5) is 37.9. The van der Waals surface area contributed by atoms with Crippen LogP contribution in [0.15, 0.2) is 36.5 Å². The molecule has 0 aliphatic rings. The Morgan fingerprint density at radius 3 is 0.767 bits per heavy atom. The van der Waals surface area contributed by atoms with Crippen LogP contribution in [0.4, 0.5) is 0 Å². The van der Waals surface area contributed by atoms with Crippen LogP contribution in [0.5, 0.6) is 0 Å². The number of ether oxygens (including phenoxy) is 3. The Labute approximate surface area is 455 Å². The van der Waals surface area contributed by atoms with Crippen molar-refractivity contribution in [2.24, 2.45) is 0 Å². The molecule has 0 fully saturated rings. The van der Waals surface area contributed by atoms with Crippen LogP contribution in [0.25, 0.3) is 0 Å². The predicted octanol–water partition coefficient (Wildman–Crippen LogP) is 22.0. The summed E-state index contributed by atoms with van der Waals surface area (Å²) >= 11 is 0. The van der Waals surface area contributed by atoms with Crippen LogP contribution < -0.4 is 0 Å². The van der Waals surface area contributed by atoms with Gasteiger partial charge in [-0.25, -0.2) is 0 Å². The number of allylic oxidation sites excluding steroid dienone is 6. The highest BCUT2D eigenvalue weighted by atomic mass is 16.6. The quantitative estimate of drug-likeness (QED) is 0.0261. The molecule has 0 spiro atoms. The fourth-order valence-electron chi connectivity index (χ4n) is 9.71. The van der Waals surface area contributed by atoms with Gasteiger partial charge in [0.1, 0.15) is 13.2 Å². The number of carbonyl (C=O) groups is 3. The van der Waals surface area contributed by atoms with Crippen molar-refractivity contribution in [1.82, 2.24) is 0 Å². The molecule has 0 heterocycles. The standard InChI is InChI=1S/C67H124O6/c1-4-7-10-13-16-18-20-22-24-26-27-28-29-30-31-32-33-34-35-36-37-38-39-40-41-42-44-45-47-49-51-54-57-60-66(69)72-63-64(62-71-65(68)59-56-53-15-12-9-6-3)73-67(70)61-58-55-52-50-48-46-43-25-23-21-19-17-14-11-8-5-2/h20,22,25-27,43,64H,4-19,21,23-24,28-42,44-63H2,1-3H3/b22-20-,27-26-,43-25-. The van der Waals surface area contributed by atoms with Gasteiger partial charge in [-0.15, -0.1) is 0 Å². The second-order valence-electron chi connectivity index (χ2n) is 22.0. The van der Waals surface area contributed by atoms with E-state index >= 15 is 0 Å². The molecule has 0 aliphatic heterocycles. The maximum absolute atomic E-state index is 12.8. The summed E-state index contributed by atoms with van der Waals surface area (Å²) in [5.74, 6) is -0.870. The molecule has 1 atom stereocenters. The number of carbonyl (C=O) groups excluding carboxylic acids is 3. The Kier molecular flexibility index (Phi) is 60.2. The van der Waals surface area contributed by atoms with Crippen molar-refractivity contribution >= 4 is 17.9 Å². The zero-order valence-corrected chi connectivity index (χ0v) is 49.2. The van der Waals surface area contributed by atoms with E-state index in [9.17, 15) is 14.4 Å². The Bertz CT molecular complexity index is 1220. The fourth-order valence-corrected chi connectivity index (χ4v) is 9.71. The minimum absolute atomic E-state index is 0.0709. The summed E-state index contributed by atoms with van der Waals surface area (Å²) in [6.07, 6.45) is 76.4. The van der Waals surface area contributed by atoms with Gasteiger partial charge in [-0.1, -0.05) is 295 Å². The van der Waals surface area contributed by atoms with Crippen LogP contribution >= 0.6 is 0 Å². The van der Waals surface area contributed by atoms with Crippen LogP contribution in [-0.2, 0) is 28.6 Å². The van der Waals surface area contributed by atoms with Gasteiger partial charge >= 0.3 is 17.9 Å². The maximum Gasteiger partial charge on any atom is 0.306 e. The van der Waals surface area contributed by atoms with E-state index in [0.717, 1.165) is 70.6 Å². The molecule has 73 heavy (non-hydrogen) atoms. The molecule has 0 aromatic heterocycles. The van der Waals surface area contributed by atoms with Crippen LogP contribution in [0.1, 0.15) is 355 Å². The van der Waals surface area contributed by atoms with E-state index in [1.54, 1.807) is 0 Å². The molecule has 0 rings (SSSR count). The Hall–Kier alpha value is -2.37. The first kappa shape index (κ1) is 70.6. The molecule has 6 heteroatoms. The Morgan fingerprint density at radius 1 is 0.274 bits per heavy atom. The second-order valence-corrected chi connectivity index (χ2v) is 22.0. The van der Waals surface area contributed by atoms with Crippen molar-refractivity contribution in [2.45, 2.75) is 361 Å². The maximum atomic E-state index is 12.8. The van der Waals surface area contributed by atoms with Gasteiger partial charge in [0.15, 0.2) is 6.10 Å². The van der Waals surface area contributed by atoms with Crippen LogP contribution in [0.3, 0.4) is 0 Å².